The van der Waals surface area contributed by atoms with Gasteiger partial charge in [-0.05, 0) is 32.6 Å². The van der Waals surface area contributed by atoms with E-state index in [-0.39, 0.29) is 18.2 Å². The van der Waals surface area contributed by atoms with Gasteiger partial charge in [0, 0.05) is 0 Å². The SMILES string of the molecule is CC(C)OP(=O)(F)CC1CCCCC1. The summed E-state index contributed by atoms with van der Waals surface area (Å²) in [6, 6.07) is 0. The van der Waals surface area contributed by atoms with Crippen LogP contribution >= 0.6 is 7.68 Å². The van der Waals surface area contributed by atoms with E-state index in [1.807, 2.05) is 0 Å². The van der Waals surface area contributed by atoms with Crippen LogP contribution in [0.2, 0.25) is 0 Å². The highest BCUT2D eigenvalue weighted by Gasteiger charge is 2.29. The first-order valence-electron chi connectivity index (χ1n) is 5.47. The zero-order valence-electron chi connectivity index (χ0n) is 9.04. The molecule has 0 radical (unpaired) electrons. The highest BCUT2D eigenvalue weighted by atomic mass is 31.2. The maximum absolute atomic E-state index is 13.5. The smallest absolute Gasteiger partial charge is 0.303 e. The van der Waals surface area contributed by atoms with Crippen LogP contribution < -0.4 is 0 Å². The molecule has 0 saturated heterocycles. The molecular formula is C10H20FO2P. The minimum Gasteiger partial charge on any atom is -0.303 e. The van der Waals surface area contributed by atoms with Crippen molar-refractivity contribution in [2.45, 2.75) is 52.1 Å². The number of hydrogen-bond acceptors (Lipinski definition) is 2. The van der Waals surface area contributed by atoms with Gasteiger partial charge in [-0.1, -0.05) is 19.3 Å². The molecule has 1 atom stereocenters. The normalized spacial score (nSPS) is 23.7. The van der Waals surface area contributed by atoms with E-state index in [2.05, 4.69) is 0 Å². The van der Waals surface area contributed by atoms with Crippen LogP contribution in [0.5, 0.6) is 0 Å². The van der Waals surface area contributed by atoms with Gasteiger partial charge in [-0.25, -0.2) is 0 Å². The van der Waals surface area contributed by atoms with Crippen LogP contribution in [-0.2, 0) is 9.09 Å². The molecule has 0 bridgehead atoms. The average Bonchev–Trinajstić information content (AvgIpc) is 2.02. The lowest BCUT2D eigenvalue weighted by molar-refractivity contribution is 0.217. The molecule has 0 aromatic rings. The zero-order chi connectivity index (χ0) is 10.6. The van der Waals surface area contributed by atoms with Crippen molar-refractivity contribution < 1.29 is 13.3 Å². The molecule has 84 valence electrons. The standard InChI is InChI=1S/C10H20FO2P/c1-9(2)13-14(11,12)8-10-6-4-3-5-7-10/h9-10H,3-8H2,1-2H3. The molecule has 2 nitrogen and oxygen atoms in total. The lowest BCUT2D eigenvalue weighted by Crippen LogP contribution is -2.12. The summed E-state index contributed by atoms with van der Waals surface area (Å²) in [4.78, 5) is 0. The van der Waals surface area contributed by atoms with Gasteiger partial charge in [-0.15, -0.1) is 0 Å². The Morgan fingerprint density at radius 2 is 1.93 bits per heavy atom. The van der Waals surface area contributed by atoms with Crippen molar-refractivity contribution in [1.29, 1.82) is 0 Å². The third-order valence-electron chi connectivity index (χ3n) is 2.57. The first kappa shape index (κ1) is 12.2. The Bertz CT molecular complexity index is 212. The molecule has 1 unspecified atom stereocenters. The number of halogens is 1. The van der Waals surface area contributed by atoms with E-state index in [1.54, 1.807) is 13.8 Å². The third kappa shape index (κ3) is 4.56. The molecule has 1 saturated carbocycles. The predicted molar refractivity (Wildman–Crippen MR) is 56.4 cm³/mol. The van der Waals surface area contributed by atoms with E-state index in [4.69, 9.17) is 4.52 Å². The van der Waals surface area contributed by atoms with Gasteiger partial charge in [-0.3, -0.25) is 4.57 Å². The van der Waals surface area contributed by atoms with Gasteiger partial charge in [0.15, 0.2) is 0 Å². The van der Waals surface area contributed by atoms with Crippen LogP contribution in [0.15, 0.2) is 0 Å². The summed E-state index contributed by atoms with van der Waals surface area (Å²) in [5.41, 5.74) is 0. The minimum atomic E-state index is -3.82. The molecule has 0 aromatic carbocycles. The Hall–Kier alpha value is 0.120. The maximum atomic E-state index is 13.5. The fourth-order valence-electron chi connectivity index (χ4n) is 2.04. The van der Waals surface area contributed by atoms with Crippen LogP contribution in [0.1, 0.15) is 46.0 Å². The predicted octanol–water partition coefficient (Wildman–Crippen LogP) is 4.15. The summed E-state index contributed by atoms with van der Waals surface area (Å²) < 4.78 is 29.7. The van der Waals surface area contributed by atoms with E-state index in [0.29, 0.717) is 0 Å². The van der Waals surface area contributed by atoms with Crippen LogP contribution in [0.4, 0.5) is 4.20 Å². The molecule has 14 heavy (non-hydrogen) atoms. The summed E-state index contributed by atoms with van der Waals surface area (Å²) in [5.74, 6) is 0.276. The summed E-state index contributed by atoms with van der Waals surface area (Å²) in [6.45, 7) is 3.43. The molecule has 0 N–H and O–H groups in total. The molecule has 0 spiro atoms. The second-order valence-electron chi connectivity index (χ2n) is 4.43. The summed E-state index contributed by atoms with van der Waals surface area (Å²) in [7, 11) is -3.82. The topological polar surface area (TPSA) is 26.3 Å². The summed E-state index contributed by atoms with van der Waals surface area (Å²) in [5, 5.41) is 0. The van der Waals surface area contributed by atoms with Crippen molar-refractivity contribution in [3.8, 4) is 0 Å². The second kappa shape index (κ2) is 5.27. The van der Waals surface area contributed by atoms with Gasteiger partial charge in [0.2, 0.25) is 0 Å². The van der Waals surface area contributed by atoms with Crippen molar-refractivity contribution in [3.05, 3.63) is 0 Å². The molecule has 1 rings (SSSR count). The Labute approximate surface area is 85.8 Å². The van der Waals surface area contributed by atoms with Gasteiger partial charge in [0.1, 0.15) is 0 Å². The number of hydrogen-bond donors (Lipinski definition) is 0. The van der Waals surface area contributed by atoms with Gasteiger partial charge >= 0.3 is 7.68 Å². The summed E-state index contributed by atoms with van der Waals surface area (Å²) in [6.07, 6.45) is 5.39. The van der Waals surface area contributed by atoms with E-state index < -0.39 is 7.68 Å². The Kier molecular flexibility index (Phi) is 4.59. The Balaban J connectivity index is 2.36. The van der Waals surface area contributed by atoms with Crippen LogP contribution in [-0.4, -0.2) is 12.3 Å². The Morgan fingerprint density at radius 1 is 1.36 bits per heavy atom. The fraction of sp³-hybridized carbons (Fsp3) is 1.00. The largest absolute Gasteiger partial charge is 0.368 e. The highest BCUT2D eigenvalue weighted by molar-refractivity contribution is 7.53. The molecular weight excluding hydrogens is 202 g/mol. The fourth-order valence-corrected chi connectivity index (χ4v) is 3.73. The van der Waals surface area contributed by atoms with E-state index in [0.717, 1.165) is 25.7 Å². The van der Waals surface area contributed by atoms with Gasteiger partial charge in [0.05, 0.1) is 12.3 Å². The van der Waals surface area contributed by atoms with E-state index in [1.165, 1.54) is 6.42 Å². The van der Waals surface area contributed by atoms with Crippen LogP contribution in [0.3, 0.4) is 0 Å². The van der Waals surface area contributed by atoms with E-state index >= 15 is 0 Å². The molecule has 4 heteroatoms. The molecule has 0 aliphatic heterocycles. The second-order valence-corrected chi connectivity index (χ2v) is 6.19. The van der Waals surface area contributed by atoms with Crippen molar-refractivity contribution in [2.24, 2.45) is 5.92 Å². The Morgan fingerprint density at radius 3 is 2.43 bits per heavy atom. The van der Waals surface area contributed by atoms with Crippen molar-refractivity contribution in [2.75, 3.05) is 6.16 Å². The summed E-state index contributed by atoms with van der Waals surface area (Å²) >= 11 is 0. The van der Waals surface area contributed by atoms with Gasteiger partial charge < -0.3 is 4.52 Å². The van der Waals surface area contributed by atoms with Crippen molar-refractivity contribution in [3.63, 3.8) is 0 Å². The molecule has 0 amide bonds. The van der Waals surface area contributed by atoms with Crippen LogP contribution in [0, 0.1) is 5.92 Å². The van der Waals surface area contributed by atoms with E-state index in [9.17, 15) is 8.76 Å². The molecule has 1 fully saturated rings. The molecule has 0 aromatic heterocycles. The third-order valence-corrected chi connectivity index (χ3v) is 4.26. The quantitative estimate of drug-likeness (QED) is 0.668. The van der Waals surface area contributed by atoms with Crippen molar-refractivity contribution in [1.82, 2.24) is 0 Å². The lowest BCUT2D eigenvalue weighted by atomic mass is 9.91. The molecule has 0 heterocycles. The minimum absolute atomic E-state index is 0.130. The van der Waals surface area contributed by atoms with Crippen LogP contribution in [0.25, 0.3) is 0 Å². The van der Waals surface area contributed by atoms with Gasteiger partial charge in [-0.2, -0.15) is 4.20 Å². The maximum Gasteiger partial charge on any atom is 0.368 e. The first-order chi connectivity index (χ1) is 6.49. The highest BCUT2D eigenvalue weighted by Crippen LogP contribution is 2.52. The van der Waals surface area contributed by atoms with Crippen molar-refractivity contribution >= 4 is 7.68 Å². The first-order valence-corrected chi connectivity index (χ1v) is 7.17. The monoisotopic (exact) mass is 222 g/mol. The number of rotatable bonds is 4. The zero-order valence-corrected chi connectivity index (χ0v) is 9.93. The molecule has 1 aliphatic carbocycles. The molecule has 1 aliphatic rings. The van der Waals surface area contributed by atoms with Gasteiger partial charge in [0.25, 0.3) is 0 Å². The lowest BCUT2D eigenvalue weighted by Gasteiger charge is -2.23. The average molecular weight is 222 g/mol.